The van der Waals surface area contributed by atoms with Crippen molar-refractivity contribution in [2.45, 2.75) is 58.9 Å². The van der Waals surface area contributed by atoms with Gasteiger partial charge in [-0.25, -0.2) is 4.99 Å². The quantitative estimate of drug-likeness (QED) is 0.194. The molecule has 1 aliphatic rings. The minimum Gasteiger partial charge on any atom is -0.381 e. The Bertz CT molecular complexity index is 543. The normalized spacial score (nSPS) is 17.0. The Morgan fingerprint density at radius 3 is 2.82 bits per heavy atom. The standard InChI is InChI=1S/C20H36N4O3.HI/c1-4-17(5-2)19-12-18(27-24-19)13-23-20(21-6-3)22-9-7-10-25-14-16-8-11-26-15-16;/h12,16-17H,4-11,13-15H2,1-3H3,(H2,21,22,23);1H. The van der Waals surface area contributed by atoms with Crippen molar-refractivity contribution in [3.8, 4) is 0 Å². The Morgan fingerprint density at radius 2 is 2.14 bits per heavy atom. The summed E-state index contributed by atoms with van der Waals surface area (Å²) in [5, 5.41) is 10.8. The number of aromatic nitrogens is 1. The summed E-state index contributed by atoms with van der Waals surface area (Å²) in [6.45, 7) is 11.8. The summed E-state index contributed by atoms with van der Waals surface area (Å²) >= 11 is 0. The first-order chi connectivity index (χ1) is 13.3. The number of halogens is 1. The van der Waals surface area contributed by atoms with Gasteiger partial charge in [0.15, 0.2) is 11.7 Å². The second-order valence-electron chi connectivity index (χ2n) is 7.01. The summed E-state index contributed by atoms with van der Waals surface area (Å²) in [4.78, 5) is 4.59. The van der Waals surface area contributed by atoms with Crippen LogP contribution in [0.2, 0.25) is 0 Å². The van der Waals surface area contributed by atoms with Crippen LogP contribution in [-0.2, 0) is 16.0 Å². The van der Waals surface area contributed by atoms with E-state index in [0.717, 1.165) is 82.6 Å². The summed E-state index contributed by atoms with van der Waals surface area (Å²) in [6.07, 6.45) is 4.22. The number of nitrogens with zero attached hydrogens (tertiary/aromatic N) is 2. The van der Waals surface area contributed by atoms with Gasteiger partial charge in [0.25, 0.3) is 0 Å². The molecule has 1 atom stereocenters. The molecule has 0 aromatic carbocycles. The third kappa shape index (κ3) is 9.09. The fourth-order valence-electron chi connectivity index (χ4n) is 3.15. The second kappa shape index (κ2) is 15.0. The van der Waals surface area contributed by atoms with Gasteiger partial charge in [0.05, 0.1) is 18.9 Å². The molecule has 0 amide bonds. The van der Waals surface area contributed by atoms with Crippen LogP contribution in [0.4, 0.5) is 0 Å². The molecular formula is C20H37IN4O3. The minimum absolute atomic E-state index is 0. The monoisotopic (exact) mass is 508 g/mol. The van der Waals surface area contributed by atoms with Crippen molar-refractivity contribution in [3.05, 3.63) is 17.5 Å². The van der Waals surface area contributed by atoms with Crippen molar-refractivity contribution < 1.29 is 14.0 Å². The molecule has 0 spiro atoms. The van der Waals surface area contributed by atoms with Gasteiger partial charge in [0.1, 0.15) is 6.54 Å². The van der Waals surface area contributed by atoms with Gasteiger partial charge in [-0.05, 0) is 32.6 Å². The molecule has 2 N–H and O–H groups in total. The van der Waals surface area contributed by atoms with Crippen LogP contribution in [0.1, 0.15) is 63.8 Å². The van der Waals surface area contributed by atoms with E-state index in [0.29, 0.717) is 18.4 Å². The number of hydrogen-bond acceptors (Lipinski definition) is 5. The molecule has 0 aliphatic carbocycles. The number of guanidine groups is 1. The highest BCUT2D eigenvalue weighted by Crippen LogP contribution is 2.22. The molecule has 8 heteroatoms. The zero-order chi connectivity index (χ0) is 19.3. The van der Waals surface area contributed by atoms with Gasteiger partial charge in [-0.15, -0.1) is 24.0 Å². The molecule has 0 radical (unpaired) electrons. The summed E-state index contributed by atoms with van der Waals surface area (Å²) in [7, 11) is 0. The molecule has 162 valence electrons. The molecule has 28 heavy (non-hydrogen) atoms. The molecule has 2 heterocycles. The molecule has 0 bridgehead atoms. The van der Waals surface area contributed by atoms with Gasteiger partial charge >= 0.3 is 0 Å². The highest BCUT2D eigenvalue weighted by molar-refractivity contribution is 14.0. The molecule has 1 aromatic heterocycles. The predicted octanol–water partition coefficient (Wildman–Crippen LogP) is 3.69. The molecule has 1 aliphatic heterocycles. The number of ether oxygens (including phenoxy) is 2. The second-order valence-corrected chi connectivity index (χ2v) is 7.01. The fourth-order valence-corrected chi connectivity index (χ4v) is 3.15. The predicted molar refractivity (Wildman–Crippen MR) is 122 cm³/mol. The molecule has 1 fully saturated rings. The van der Waals surface area contributed by atoms with Crippen molar-refractivity contribution in [1.82, 2.24) is 15.8 Å². The van der Waals surface area contributed by atoms with Crippen molar-refractivity contribution in [3.63, 3.8) is 0 Å². The van der Waals surface area contributed by atoms with E-state index in [-0.39, 0.29) is 24.0 Å². The van der Waals surface area contributed by atoms with Crippen molar-refractivity contribution >= 4 is 29.9 Å². The lowest BCUT2D eigenvalue weighted by Gasteiger charge is -2.12. The largest absolute Gasteiger partial charge is 0.381 e. The van der Waals surface area contributed by atoms with Crippen molar-refractivity contribution in [2.24, 2.45) is 10.9 Å². The lowest BCUT2D eigenvalue weighted by molar-refractivity contribution is 0.0888. The van der Waals surface area contributed by atoms with Gasteiger partial charge in [0, 0.05) is 44.2 Å². The highest BCUT2D eigenvalue weighted by atomic mass is 127. The zero-order valence-corrected chi connectivity index (χ0v) is 19.9. The average molecular weight is 508 g/mol. The van der Waals surface area contributed by atoms with E-state index < -0.39 is 0 Å². The SMILES string of the molecule is CCNC(=NCc1cc(C(CC)CC)no1)NCCCOCC1CCOC1.I. The van der Waals surface area contributed by atoms with Gasteiger partial charge in [-0.1, -0.05) is 19.0 Å². The molecule has 1 aromatic rings. The Hall–Kier alpha value is -0.870. The van der Waals surface area contributed by atoms with Crippen LogP contribution in [0, 0.1) is 5.92 Å². The van der Waals surface area contributed by atoms with E-state index in [1.165, 1.54) is 0 Å². The summed E-state index contributed by atoms with van der Waals surface area (Å²) in [5.74, 6) is 2.63. The van der Waals surface area contributed by atoms with Crippen LogP contribution >= 0.6 is 24.0 Å². The molecular weight excluding hydrogens is 471 g/mol. The number of aliphatic imine (C=N–C) groups is 1. The minimum atomic E-state index is 0. The van der Waals surface area contributed by atoms with Crippen LogP contribution in [0.25, 0.3) is 0 Å². The molecule has 2 rings (SSSR count). The number of rotatable bonds is 12. The Balaban J connectivity index is 0.00000392. The van der Waals surface area contributed by atoms with E-state index in [1.807, 2.05) is 6.07 Å². The maximum Gasteiger partial charge on any atom is 0.191 e. The lowest BCUT2D eigenvalue weighted by Crippen LogP contribution is -2.38. The summed E-state index contributed by atoms with van der Waals surface area (Å²) < 4.78 is 16.5. The lowest BCUT2D eigenvalue weighted by atomic mass is 9.99. The van der Waals surface area contributed by atoms with Crippen molar-refractivity contribution in [2.75, 3.05) is 39.5 Å². The third-order valence-electron chi connectivity index (χ3n) is 4.85. The maximum absolute atomic E-state index is 5.73. The summed E-state index contributed by atoms with van der Waals surface area (Å²) in [5.41, 5.74) is 1.04. The number of hydrogen-bond donors (Lipinski definition) is 2. The fraction of sp³-hybridized carbons (Fsp3) is 0.800. The average Bonchev–Trinajstić information content (AvgIpc) is 3.36. The zero-order valence-electron chi connectivity index (χ0n) is 17.5. The van der Waals surface area contributed by atoms with Crippen molar-refractivity contribution in [1.29, 1.82) is 0 Å². The van der Waals surface area contributed by atoms with E-state index in [1.54, 1.807) is 0 Å². The molecule has 7 nitrogen and oxygen atoms in total. The summed E-state index contributed by atoms with van der Waals surface area (Å²) in [6, 6.07) is 2.03. The van der Waals surface area contributed by atoms with Crippen LogP contribution in [0.5, 0.6) is 0 Å². The van der Waals surface area contributed by atoms with E-state index in [4.69, 9.17) is 14.0 Å². The molecule has 0 saturated carbocycles. The maximum atomic E-state index is 5.73. The van der Waals surface area contributed by atoms with E-state index in [2.05, 4.69) is 41.6 Å². The van der Waals surface area contributed by atoms with Gasteiger partial charge in [0.2, 0.25) is 0 Å². The van der Waals surface area contributed by atoms with Gasteiger partial charge < -0.3 is 24.6 Å². The smallest absolute Gasteiger partial charge is 0.191 e. The highest BCUT2D eigenvalue weighted by Gasteiger charge is 2.15. The number of nitrogens with one attached hydrogen (secondary N) is 2. The molecule has 1 saturated heterocycles. The van der Waals surface area contributed by atoms with Gasteiger partial charge in [-0.2, -0.15) is 0 Å². The Labute approximate surface area is 186 Å². The van der Waals surface area contributed by atoms with Crippen LogP contribution in [0.3, 0.4) is 0 Å². The third-order valence-corrected chi connectivity index (χ3v) is 4.85. The first-order valence-electron chi connectivity index (χ1n) is 10.4. The van der Waals surface area contributed by atoms with Crippen LogP contribution in [-0.4, -0.2) is 50.6 Å². The van der Waals surface area contributed by atoms with E-state index >= 15 is 0 Å². The van der Waals surface area contributed by atoms with E-state index in [9.17, 15) is 0 Å². The van der Waals surface area contributed by atoms with Crippen LogP contribution < -0.4 is 10.6 Å². The first kappa shape index (κ1) is 25.2. The first-order valence-corrected chi connectivity index (χ1v) is 10.4. The Morgan fingerprint density at radius 1 is 1.32 bits per heavy atom. The topological polar surface area (TPSA) is 80.9 Å². The van der Waals surface area contributed by atoms with Crippen LogP contribution in [0.15, 0.2) is 15.6 Å². The molecule has 1 unspecified atom stereocenters. The van der Waals surface area contributed by atoms with Gasteiger partial charge in [-0.3, -0.25) is 0 Å². The Kier molecular flexibility index (Phi) is 13.5.